The lowest BCUT2D eigenvalue weighted by molar-refractivity contribution is -0.145. The maximum atomic E-state index is 11.6. The second-order valence-corrected chi connectivity index (χ2v) is 6.00. The fourth-order valence-electron chi connectivity index (χ4n) is 2.59. The Morgan fingerprint density at radius 1 is 1.25 bits per heavy atom. The predicted octanol–water partition coefficient (Wildman–Crippen LogP) is 3.28. The minimum absolute atomic E-state index is 0.0715. The number of nitrogens with one attached hydrogen (secondary N) is 1. The van der Waals surface area contributed by atoms with Gasteiger partial charge in [0, 0.05) is 6.04 Å². The molecular formula is C17H27NO2. The molecule has 1 aromatic rings. The SMILES string of the molecule is CCOC(=O)C(C)NC(C)CC(C)(C)c1ccccc1. The van der Waals surface area contributed by atoms with Gasteiger partial charge in [0.2, 0.25) is 0 Å². The average Bonchev–Trinajstić information content (AvgIpc) is 2.39. The van der Waals surface area contributed by atoms with Crippen LogP contribution in [0.1, 0.15) is 46.6 Å². The molecule has 1 N–H and O–H groups in total. The number of ether oxygens (including phenoxy) is 1. The Labute approximate surface area is 122 Å². The molecule has 0 saturated heterocycles. The van der Waals surface area contributed by atoms with Crippen molar-refractivity contribution in [2.24, 2.45) is 0 Å². The summed E-state index contributed by atoms with van der Waals surface area (Å²) >= 11 is 0. The van der Waals surface area contributed by atoms with Crippen LogP contribution in [0, 0.1) is 0 Å². The van der Waals surface area contributed by atoms with E-state index in [1.54, 1.807) is 0 Å². The predicted molar refractivity (Wildman–Crippen MR) is 82.8 cm³/mol. The molecule has 2 atom stereocenters. The smallest absolute Gasteiger partial charge is 0.322 e. The van der Waals surface area contributed by atoms with E-state index in [2.05, 4.69) is 50.4 Å². The number of carbonyl (C=O) groups is 1. The van der Waals surface area contributed by atoms with Crippen molar-refractivity contribution < 1.29 is 9.53 Å². The van der Waals surface area contributed by atoms with Gasteiger partial charge in [-0.25, -0.2) is 0 Å². The Morgan fingerprint density at radius 3 is 2.40 bits per heavy atom. The molecule has 0 saturated carbocycles. The van der Waals surface area contributed by atoms with Crippen LogP contribution >= 0.6 is 0 Å². The van der Waals surface area contributed by atoms with Gasteiger partial charge in [-0.15, -0.1) is 0 Å². The van der Waals surface area contributed by atoms with Crippen LogP contribution in [-0.4, -0.2) is 24.7 Å². The third-order valence-electron chi connectivity index (χ3n) is 3.55. The lowest BCUT2D eigenvalue weighted by Gasteiger charge is -2.30. The van der Waals surface area contributed by atoms with Crippen LogP contribution in [-0.2, 0) is 14.9 Å². The molecule has 1 rings (SSSR count). The van der Waals surface area contributed by atoms with Crippen LogP contribution in [0.3, 0.4) is 0 Å². The van der Waals surface area contributed by atoms with Gasteiger partial charge in [0.25, 0.3) is 0 Å². The van der Waals surface area contributed by atoms with Gasteiger partial charge >= 0.3 is 5.97 Å². The molecule has 3 heteroatoms. The standard InChI is InChI=1S/C17H27NO2/c1-6-20-16(19)14(3)18-13(2)12-17(4,5)15-10-8-7-9-11-15/h7-11,13-14,18H,6,12H2,1-5H3. The first-order chi connectivity index (χ1) is 9.36. The van der Waals surface area contributed by atoms with E-state index in [-0.39, 0.29) is 23.5 Å². The fraction of sp³-hybridized carbons (Fsp3) is 0.588. The van der Waals surface area contributed by atoms with E-state index < -0.39 is 0 Å². The Morgan fingerprint density at radius 2 is 1.85 bits per heavy atom. The number of carbonyl (C=O) groups excluding carboxylic acids is 1. The molecule has 0 bridgehead atoms. The maximum Gasteiger partial charge on any atom is 0.322 e. The largest absolute Gasteiger partial charge is 0.465 e. The van der Waals surface area contributed by atoms with E-state index in [1.807, 2.05) is 19.9 Å². The summed E-state index contributed by atoms with van der Waals surface area (Å²) < 4.78 is 5.02. The third-order valence-corrected chi connectivity index (χ3v) is 3.55. The summed E-state index contributed by atoms with van der Waals surface area (Å²) in [5, 5.41) is 3.32. The monoisotopic (exact) mass is 277 g/mol. The van der Waals surface area contributed by atoms with Crippen molar-refractivity contribution in [2.45, 2.75) is 58.5 Å². The lowest BCUT2D eigenvalue weighted by atomic mass is 9.79. The van der Waals surface area contributed by atoms with Crippen molar-refractivity contribution in [3.05, 3.63) is 35.9 Å². The highest BCUT2D eigenvalue weighted by atomic mass is 16.5. The van der Waals surface area contributed by atoms with E-state index in [4.69, 9.17) is 4.74 Å². The van der Waals surface area contributed by atoms with Crippen molar-refractivity contribution >= 4 is 5.97 Å². The molecule has 2 unspecified atom stereocenters. The number of hydrogen-bond acceptors (Lipinski definition) is 3. The molecule has 0 aromatic heterocycles. The van der Waals surface area contributed by atoms with Crippen LogP contribution in [0.4, 0.5) is 0 Å². The van der Waals surface area contributed by atoms with Gasteiger partial charge in [0.05, 0.1) is 6.61 Å². The van der Waals surface area contributed by atoms with Crippen LogP contribution in [0.25, 0.3) is 0 Å². The molecule has 0 aliphatic carbocycles. The molecule has 0 amide bonds. The first-order valence-corrected chi connectivity index (χ1v) is 7.35. The van der Waals surface area contributed by atoms with E-state index >= 15 is 0 Å². The second-order valence-electron chi connectivity index (χ2n) is 6.00. The van der Waals surface area contributed by atoms with Gasteiger partial charge in [-0.3, -0.25) is 4.79 Å². The summed E-state index contributed by atoms with van der Waals surface area (Å²) in [5.74, 6) is -0.183. The van der Waals surface area contributed by atoms with Crippen LogP contribution in [0.5, 0.6) is 0 Å². The highest BCUT2D eigenvalue weighted by Crippen LogP contribution is 2.28. The van der Waals surface area contributed by atoms with Gasteiger partial charge in [-0.05, 0) is 38.2 Å². The van der Waals surface area contributed by atoms with Crippen molar-refractivity contribution in [3.8, 4) is 0 Å². The van der Waals surface area contributed by atoms with Crippen molar-refractivity contribution in [1.82, 2.24) is 5.32 Å². The topological polar surface area (TPSA) is 38.3 Å². The van der Waals surface area contributed by atoms with E-state index in [1.165, 1.54) is 5.56 Å². The quantitative estimate of drug-likeness (QED) is 0.777. The van der Waals surface area contributed by atoms with E-state index in [0.29, 0.717) is 6.61 Å². The summed E-state index contributed by atoms with van der Waals surface area (Å²) in [7, 11) is 0. The first-order valence-electron chi connectivity index (χ1n) is 7.35. The summed E-state index contributed by atoms with van der Waals surface area (Å²) in [4.78, 5) is 11.6. The zero-order chi connectivity index (χ0) is 15.2. The Hall–Kier alpha value is -1.35. The fourth-order valence-corrected chi connectivity index (χ4v) is 2.59. The van der Waals surface area contributed by atoms with Gasteiger partial charge < -0.3 is 10.1 Å². The van der Waals surface area contributed by atoms with Gasteiger partial charge in [0.15, 0.2) is 0 Å². The average molecular weight is 277 g/mol. The highest BCUT2D eigenvalue weighted by molar-refractivity contribution is 5.75. The number of esters is 1. The Balaban J connectivity index is 2.57. The molecular weight excluding hydrogens is 250 g/mol. The van der Waals surface area contributed by atoms with E-state index in [9.17, 15) is 4.79 Å². The zero-order valence-corrected chi connectivity index (χ0v) is 13.3. The number of rotatable bonds is 7. The van der Waals surface area contributed by atoms with Crippen molar-refractivity contribution in [1.29, 1.82) is 0 Å². The zero-order valence-electron chi connectivity index (χ0n) is 13.3. The molecule has 20 heavy (non-hydrogen) atoms. The highest BCUT2D eigenvalue weighted by Gasteiger charge is 2.25. The maximum absolute atomic E-state index is 11.6. The van der Waals surface area contributed by atoms with Gasteiger partial charge in [-0.2, -0.15) is 0 Å². The minimum Gasteiger partial charge on any atom is -0.465 e. The third kappa shape index (κ3) is 4.97. The molecule has 0 heterocycles. The Kier molecular flexibility index (Phi) is 6.21. The summed E-state index contributed by atoms with van der Waals surface area (Å²) in [5.41, 5.74) is 1.39. The molecule has 0 aliphatic heterocycles. The van der Waals surface area contributed by atoms with Gasteiger partial charge in [0.1, 0.15) is 6.04 Å². The van der Waals surface area contributed by atoms with Gasteiger partial charge in [-0.1, -0.05) is 44.2 Å². The molecule has 0 aliphatic rings. The second kappa shape index (κ2) is 7.44. The van der Waals surface area contributed by atoms with Crippen LogP contribution in [0.15, 0.2) is 30.3 Å². The van der Waals surface area contributed by atoms with Crippen LogP contribution < -0.4 is 5.32 Å². The van der Waals surface area contributed by atoms with Crippen LogP contribution in [0.2, 0.25) is 0 Å². The molecule has 112 valence electrons. The molecule has 3 nitrogen and oxygen atoms in total. The summed E-state index contributed by atoms with van der Waals surface area (Å²) in [6.07, 6.45) is 0.959. The molecule has 1 aromatic carbocycles. The first kappa shape index (κ1) is 16.7. The molecule has 0 fully saturated rings. The van der Waals surface area contributed by atoms with E-state index in [0.717, 1.165) is 6.42 Å². The minimum atomic E-state index is -0.267. The molecule has 0 radical (unpaired) electrons. The normalized spacial score (nSPS) is 14.7. The number of hydrogen-bond donors (Lipinski definition) is 1. The van der Waals surface area contributed by atoms with Crippen molar-refractivity contribution in [2.75, 3.05) is 6.61 Å². The summed E-state index contributed by atoms with van der Waals surface area (Å²) in [6, 6.07) is 10.4. The van der Waals surface area contributed by atoms with Crippen molar-refractivity contribution in [3.63, 3.8) is 0 Å². The molecule has 0 spiro atoms. The lowest BCUT2D eigenvalue weighted by Crippen LogP contribution is -2.43. The summed E-state index contributed by atoms with van der Waals surface area (Å²) in [6.45, 7) is 10.7. The number of benzene rings is 1. The Bertz CT molecular complexity index is 414.